The van der Waals surface area contributed by atoms with Gasteiger partial charge in [0.2, 0.25) is 0 Å². The molecule has 0 amide bonds. The van der Waals surface area contributed by atoms with Crippen molar-refractivity contribution in [3.63, 3.8) is 0 Å². The van der Waals surface area contributed by atoms with Crippen molar-refractivity contribution in [2.45, 2.75) is 57.0 Å². The first-order valence-electron chi connectivity index (χ1n) is 8.48. The minimum atomic E-state index is -0.603. The monoisotopic (exact) mass is 300 g/mol. The van der Waals surface area contributed by atoms with Crippen molar-refractivity contribution in [1.82, 2.24) is 9.38 Å². The quantitative estimate of drug-likeness (QED) is 0.911. The molecule has 0 unspecified atom stereocenters. The average molecular weight is 300 g/mol. The molecule has 4 heteroatoms. The third kappa shape index (κ3) is 2.17. The third-order valence-electron chi connectivity index (χ3n) is 5.70. The summed E-state index contributed by atoms with van der Waals surface area (Å²) in [7, 11) is 0. The summed E-state index contributed by atoms with van der Waals surface area (Å²) >= 11 is 0. The summed E-state index contributed by atoms with van der Waals surface area (Å²) in [6, 6.07) is 2.14. The summed E-state index contributed by atoms with van der Waals surface area (Å²) in [4.78, 5) is 4.25. The molecule has 4 rings (SSSR count). The van der Waals surface area contributed by atoms with Crippen molar-refractivity contribution in [3.8, 4) is 0 Å². The van der Waals surface area contributed by atoms with Gasteiger partial charge in [-0.2, -0.15) is 0 Å². The van der Waals surface area contributed by atoms with Crippen LogP contribution in [0.3, 0.4) is 0 Å². The predicted molar refractivity (Wildman–Crippen MR) is 84.7 cm³/mol. The van der Waals surface area contributed by atoms with Crippen LogP contribution >= 0.6 is 0 Å². The van der Waals surface area contributed by atoms with E-state index < -0.39 is 6.10 Å². The van der Waals surface area contributed by atoms with Gasteiger partial charge in [0.1, 0.15) is 0 Å². The Hall–Kier alpha value is -1.39. The van der Waals surface area contributed by atoms with Crippen LogP contribution in [0.1, 0.15) is 68.1 Å². The number of aromatic nitrogens is 2. The van der Waals surface area contributed by atoms with Crippen LogP contribution < -0.4 is 0 Å². The van der Waals surface area contributed by atoms with E-state index in [1.165, 1.54) is 24.8 Å². The van der Waals surface area contributed by atoms with E-state index in [9.17, 15) is 10.2 Å². The van der Waals surface area contributed by atoms with Crippen molar-refractivity contribution >= 4 is 5.52 Å². The molecule has 2 fully saturated rings. The molecule has 1 atom stereocenters. The smallest absolute Gasteiger partial charge is 0.0992 e. The van der Waals surface area contributed by atoms with E-state index in [1.54, 1.807) is 6.33 Å². The van der Waals surface area contributed by atoms with Gasteiger partial charge in [-0.15, -0.1) is 0 Å². The summed E-state index contributed by atoms with van der Waals surface area (Å²) in [6.45, 7) is 0.0630. The number of aliphatic hydroxyl groups excluding tert-OH is 2. The van der Waals surface area contributed by atoms with E-state index >= 15 is 0 Å². The molecule has 0 bridgehead atoms. The van der Waals surface area contributed by atoms with Crippen molar-refractivity contribution < 1.29 is 10.2 Å². The number of fused-ring (bicyclic) bond motifs is 1. The largest absolute Gasteiger partial charge is 0.396 e. The molecule has 2 N–H and O–H groups in total. The molecule has 2 aromatic rings. The molecule has 4 nitrogen and oxygen atoms in total. The molecule has 0 aliphatic heterocycles. The Morgan fingerprint density at radius 3 is 2.73 bits per heavy atom. The van der Waals surface area contributed by atoms with Gasteiger partial charge < -0.3 is 14.6 Å². The molecule has 2 aromatic heterocycles. The first-order valence-corrected chi connectivity index (χ1v) is 8.48. The highest BCUT2D eigenvalue weighted by atomic mass is 16.3. The van der Waals surface area contributed by atoms with Crippen molar-refractivity contribution in [2.75, 3.05) is 6.61 Å². The fourth-order valence-electron chi connectivity index (χ4n) is 4.16. The molecule has 2 aliphatic rings. The first-order chi connectivity index (χ1) is 10.7. The molecule has 0 radical (unpaired) electrons. The van der Waals surface area contributed by atoms with Crippen LogP contribution in [0.4, 0.5) is 0 Å². The van der Waals surface area contributed by atoms with Gasteiger partial charge in [0.15, 0.2) is 0 Å². The minimum absolute atomic E-state index is 0.0630. The summed E-state index contributed by atoms with van der Waals surface area (Å²) in [5.74, 6) is 0.573. The molecular formula is C18H24N2O2. The first kappa shape index (κ1) is 14.2. The van der Waals surface area contributed by atoms with Gasteiger partial charge in [-0.1, -0.05) is 19.3 Å². The fraction of sp³-hybridized carbons (Fsp3) is 0.611. The van der Waals surface area contributed by atoms with Crippen LogP contribution in [0, 0.1) is 5.41 Å². The Morgan fingerprint density at radius 1 is 1.27 bits per heavy atom. The standard InChI is InChI=1S/C18H24N2O2/c21-11-18(7-2-1-3-8-18)17(22)16-14(13-4-5-13)6-9-20-12-19-10-15(16)20/h6,9-10,12-13,17,21-22H,1-5,7-8,11H2/t17-/m1/s1. The van der Waals surface area contributed by atoms with Crippen LogP contribution in [0.2, 0.25) is 0 Å². The van der Waals surface area contributed by atoms with Crippen LogP contribution in [0.25, 0.3) is 5.52 Å². The van der Waals surface area contributed by atoms with Crippen molar-refractivity contribution in [1.29, 1.82) is 0 Å². The van der Waals surface area contributed by atoms with E-state index in [0.717, 1.165) is 36.8 Å². The van der Waals surface area contributed by atoms with Gasteiger partial charge in [0.25, 0.3) is 0 Å². The zero-order chi connectivity index (χ0) is 15.2. The molecule has 2 aliphatic carbocycles. The summed E-state index contributed by atoms with van der Waals surface area (Å²) < 4.78 is 1.98. The number of imidazole rings is 1. The molecule has 118 valence electrons. The van der Waals surface area contributed by atoms with Gasteiger partial charge in [-0.25, -0.2) is 4.98 Å². The van der Waals surface area contributed by atoms with Crippen molar-refractivity contribution in [2.24, 2.45) is 5.41 Å². The zero-order valence-electron chi connectivity index (χ0n) is 12.9. The van der Waals surface area contributed by atoms with Crippen LogP contribution in [-0.4, -0.2) is 26.2 Å². The highest BCUT2D eigenvalue weighted by Gasteiger charge is 2.42. The number of aliphatic hydroxyl groups is 2. The summed E-state index contributed by atoms with van der Waals surface area (Å²) in [5.41, 5.74) is 2.89. The van der Waals surface area contributed by atoms with Crippen LogP contribution in [0.15, 0.2) is 24.8 Å². The lowest BCUT2D eigenvalue weighted by Crippen LogP contribution is -2.35. The molecule has 0 saturated heterocycles. The van der Waals surface area contributed by atoms with E-state index in [-0.39, 0.29) is 12.0 Å². The summed E-state index contributed by atoms with van der Waals surface area (Å²) in [5, 5.41) is 21.3. The second-order valence-electron chi connectivity index (χ2n) is 7.13. The number of pyridine rings is 1. The topological polar surface area (TPSA) is 57.8 Å². The van der Waals surface area contributed by atoms with Gasteiger partial charge in [-0.05, 0) is 43.2 Å². The van der Waals surface area contributed by atoms with E-state index in [0.29, 0.717) is 5.92 Å². The Labute approximate surface area is 130 Å². The second-order valence-corrected chi connectivity index (χ2v) is 7.13. The van der Waals surface area contributed by atoms with Gasteiger partial charge in [-0.3, -0.25) is 0 Å². The van der Waals surface area contributed by atoms with Crippen LogP contribution in [0.5, 0.6) is 0 Å². The van der Waals surface area contributed by atoms with Crippen LogP contribution in [-0.2, 0) is 0 Å². The Balaban J connectivity index is 1.84. The minimum Gasteiger partial charge on any atom is -0.396 e. The Morgan fingerprint density at radius 2 is 2.05 bits per heavy atom. The number of hydrogen-bond acceptors (Lipinski definition) is 3. The second kappa shape index (κ2) is 5.36. The highest BCUT2D eigenvalue weighted by Crippen LogP contribution is 2.51. The normalized spacial score (nSPS) is 22.8. The van der Waals surface area contributed by atoms with Gasteiger partial charge >= 0.3 is 0 Å². The highest BCUT2D eigenvalue weighted by molar-refractivity contribution is 5.59. The van der Waals surface area contributed by atoms with E-state index in [1.807, 2.05) is 16.8 Å². The maximum atomic E-state index is 11.3. The lowest BCUT2D eigenvalue weighted by atomic mass is 9.68. The number of rotatable bonds is 4. The average Bonchev–Trinajstić information content (AvgIpc) is 3.30. The predicted octanol–water partition coefficient (Wildman–Crippen LogP) is 3.19. The SMILES string of the molecule is OCC1([C@H](O)c2c(C3CC3)ccn3cncc23)CCCCC1. The third-order valence-corrected chi connectivity index (χ3v) is 5.70. The molecule has 2 heterocycles. The molecule has 0 spiro atoms. The molecule has 22 heavy (non-hydrogen) atoms. The Bertz CT molecular complexity index is 669. The lowest BCUT2D eigenvalue weighted by molar-refractivity contribution is -0.0444. The molecular weight excluding hydrogens is 276 g/mol. The fourth-order valence-corrected chi connectivity index (χ4v) is 4.16. The maximum absolute atomic E-state index is 11.3. The number of hydrogen-bond donors (Lipinski definition) is 2. The summed E-state index contributed by atoms with van der Waals surface area (Å²) in [6.07, 6.45) is 12.7. The molecule has 2 saturated carbocycles. The van der Waals surface area contributed by atoms with Crippen molar-refractivity contribution in [3.05, 3.63) is 35.9 Å². The zero-order valence-corrected chi connectivity index (χ0v) is 12.9. The van der Waals surface area contributed by atoms with E-state index in [2.05, 4.69) is 11.1 Å². The molecule has 0 aromatic carbocycles. The lowest BCUT2D eigenvalue weighted by Gasteiger charge is -2.40. The van der Waals surface area contributed by atoms with Gasteiger partial charge in [0.05, 0.1) is 30.8 Å². The number of nitrogens with zero attached hydrogens (tertiary/aromatic N) is 2. The van der Waals surface area contributed by atoms with E-state index in [4.69, 9.17) is 0 Å². The Kier molecular flexibility index (Phi) is 3.46. The van der Waals surface area contributed by atoms with Gasteiger partial charge in [0, 0.05) is 17.2 Å². The maximum Gasteiger partial charge on any atom is 0.0992 e.